The molecule has 0 bridgehead atoms. The lowest BCUT2D eigenvalue weighted by atomic mass is 9.96. The fourth-order valence-electron chi connectivity index (χ4n) is 3.57. The highest BCUT2D eigenvalue weighted by Gasteiger charge is 2.16. The van der Waals surface area contributed by atoms with E-state index in [9.17, 15) is 0 Å². The van der Waals surface area contributed by atoms with Crippen LogP contribution in [0.3, 0.4) is 0 Å². The van der Waals surface area contributed by atoms with Crippen molar-refractivity contribution < 1.29 is 0 Å². The van der Waals surface area contributed by atoms with Gasteiger partial charge >= 0.3 is 0 Å². The van der Waals surface area contributed by atoms with Gasteiger partial charge in [0, 0.05) is 30.5 Å². The molecule has 3 N–H and O–H groups in total. The first-order valence-corrected chi connectivity index (χ1v) is 11.8. The Bertz CT molecular complexity index is 979. The summed E-state index contributed by atoms with van der Waals surface area (Å²) >= 11 is 1.54. The van der Waals surface area contributed by atoms with Crippen LogP contribution in [0.1, 0.15) is 57.3 Å². The first-order valence-electron chi connectivity index (χ1n) is 10.9. The highest BCUT2D eigenvalue weighted by atomic mass is 32.1. The summed E-state index contributed by atoms with van der Waals surface area (Å²) < 4.78 is 0. The first kappa shape index (κ1) is 21.6. The van der Waals surface area contributed by atoms with Crippen LogP contribution in [0.15, 0.2) is 24.7 Å². The molecule has 0 saturated heterocycles. The van der Waals surface area contributed by atoms with E-state index in [2.05, 4.69) is 49.7 Å². The van der Waals surface area contributed by atoms with Gasteiger partial charge in [0.25, 0.3) is 0 Å². The molecule has 0 aliphatic heterocycles. The van der Waals surface area contributed by atoms with Gasteiger partial charge in [-0.25, -0.2) is 19.9 Å². The van der Waals surface area contributed by atoms with Crippen LogP contribution in [-0.4, -0.2) is 37.0 Å². The minimum Gasteiger partial charge on any atom is -0.351 e. The molecule has 1 aliphatic carbocycles. The number of thiazole rings is 1. The van der Waals surface area contributed by atoms with Crippen LogP contribution in [0.2, 0.25) is 0 Å². The molecule has 0 atom stereocenters. The normalized spacial score (nSPS) is 14.7. The maximum Gasteiger partial charge on any atom is 0.223 e. The maximum atomic E-state index is 4.75. The smallest absolute Gasteiger partial charge is 0.223 e. The molecule has 3 aromatic heterocycles. The third-order valence-corrected chi connectivity index (χ3v) is 6.12. The second-order valence-electron chi connectivity index (χ2n) is 8.28. The molecular weight excluding hydrogens is 408 g/mol. The molecule has 3 aromatic rings. The van der Waals surface area contributed by atoms with Crippen molar-refractivity contribution in [1.29, 1.82) is 0 Å². The Balaban J connectivity index is 1.42. The predicted molar refractivity (Wildman–Crippen MR) is 126 cm³/mol. The molecule has 0 amide bonds. The van der Waals surface area contributed by atoms with E-state index in [1.807, 2.05) is 19.2 Å². The molecular formula is C22H30N8S. The Morgan fingerprint density at radius 3 is 2.61 bits per heavy atom. The molecule has 164 valence electrons. The average molecular weight is 439 g/mol. The quantitative estimate of drug-likeness (QED) is 0.466. The second kappa shape index (κ2) is 10.1. The van der Waals surface area contributed by atoms with Gasteiger partial charge in [0.2, 0.25) is 5.95 Å². The van der Waals surface area contributed by atoms with Crippen molar-refractivity contribution in [2.24, 2.45) is 0 Å². The minimum absolute atomic E-state index is 0.414. The zero-order chi connectivity index (χ0) is 21.6. The lowest BCUT2D eigenvalue weighted by Crippen LogP contribution is -2.23. The van der Waals surface area contributed by atoms with E-state index in [0.29, 0.717) is 30.4 Å². The second-order valence-corrected chi connectivity index (χ2v) is 9.31. The molecule has 8 nitrogen and oxygen atoms in total. The van der Waals surface area contributed by atoms with Gasteiger partial charge in [-0.2, -0.15) is 0 Å². The number of aryl methyl sites for hydroxylation is 1. The van der Waals surface area contributed by atoms with E-state index in [4.69, 9.17) is 4.98 Å². The standard InChI is InChI=1S/C22H30N8S/c1-14(2)23-10-17-11-25-20(13-24-17)30-22-26-12-19(31-22)18-9-15(3)27-21(29-18)28-16-7-5-4-6-8-16/h9,11-14,16,23H,4-8,10H2,1-3H3,(H,25,26,30)(H,27,28,29). The van der Waals surface area contributed by atoms with E-state index in [1.54, 1.807) is 23.7 Å². The minimum atomic E-state index is 0.414. The Labute approximate surface area is 187 Å². The number of aromatic nitrogens is 5. The lowest BCUT2D eigenvalue weighted by Gasteiger charge is -2.22. The molecule has 0 radical (unpaired) electrons. The summed E-state index contributed by atoms with van der Waals surface area (Å²) in [7, 11) is 0. The zero-order valence-electron chi connectivity index (χ0n) is 18.4. The van der Waals surface area contributed by atoms with Crippen LogP contribution in [0.25, 0.3) is 10.6 Å². The summed E-state index contributed by atoms with van der Waals surface area (Å²) in [5.74, 6) is 1.38. The fourth-order valence-corrected chi connectivity index (χ4v) is 4.35. The van der Waals surface area contributed by atoms with Gasteiger partial charge in [0.05, 0.1) is 28.7 Å². The SMILES string of the molecule is Cc1cc(-c2cnc(Nc3cnc(CNC(C)C)cn3)s2)nc(NC2CCCCC2)n1. The van der Waals surface area contributed by atoms with Crippen molar-refractivity contribution in [3.63, 3.8) is 0 Å². The van der Waals surface area contributed by atoms with E-state index < -0.39 is 0 Å². The topological polar surface area (TPSA) is 101 Å². The van der Waals surface area contributed by atoms with Crippen molar-refractivity contribution in [2.45, 2.75) is 71.5 Å². The molecule has 1 saturated carbocycles. The van der Waals surface area contributed by atoms with Crippen molar-refractivity contribution in [2.75, 3.05) is 10.6 Å². The van der Waals surface area contributed by atoms with Gasteiger partial charge in [-0.05, 0) is 25.8 Å². The van der Waals surface area contributed by atoms with Crippen LogP contribution in [0.5, 0.6) is 0 Å². The molecule has 3 heterocycles. The van der Waals surface area contributed by atoms with Crippen LogP contribution >= 0.6 is 11.3 Å². The van der Waals surface area contributed by atoms with Crippen molar-refractivity contribution in [1.82, 2.24) is 30.2 Å². The van der Waals surface area contributed by atoms with Crippen LogP contribution in [0, 0.1) is 6.92 Å². The van der Waals surface area contributed by atoms with Gasteiger partial charge in [0.1, 0.15) is 0 Å². The third kappa shape index (κ3) is 6.18. The molecule has 9 heteroatoms. The highest BCUT2D eigenvalue weighted by molar-refractivity contribution is 7.18. The Kier molecular flexibility index (Phi) is 7.03. The van der Waals surface area contributed by atoms with Gasteiger partial charge in [0.15, 0.2) is 10.9 Å². The van der Waals surface area contributed by atoms with Gasteiger partial charge < -0.3 is 16.0 Å². The molecule has 1 aliphatic rings. The number of anilines is 3. The van der Waals surface area contributed by atoms with Crippen LogP contribution in [0.4, 0.5) is 16.9 Å². The summed E-state index contributed by atoms with van der Waals surface area (Å²) in [4.78, 5) is 23.7. The number of nitrogens with zero attached hydrogens (tertiary/aromatic N) is 5. The number of hydrogen-bond acceptors (Lipinski definition) is 9. The number of hydrogen-bond donors (Lipinski definition) is 3. The van der Waals surface area contributed by atoms with E-state index in [-0.39, 0.29) is 0 Å². The fraction of sp³-hybridized carbons (Fsp3) is 0.500. The van der Waals surface area contributed by atoms with Gasteiger partial charge in [-0.1, -0.05) is 44.4 Å². The summed E-state index contributed by atoms with van der Waals surface area (Å²) in [6.45, 7) is 6.93. The van der Waals surface area contributed by atoms with Crippen molar-refractivity contribution in [3.8, 4) is 10.6 Å². The van der Waals surface area contributed by atoms with E-state index >= 15 is 0 Å². The van der Waals surface area contributed by atoms with Gasteiger partial charge in [-0.15, -0.1) is 0 Å². The molecule has 0 unspecified atom stereocenters. The van der Waals surface area contributed by atoms with Crippen LogP contribution in [-0.2, 0) is 6.54 Å². The average Bonchev–Trinajstić information content (AvgIpc) is 3.22. The Hall–Kier alpha value is -2.65. The summed E-state index contributed by atoms with van der Waals surface area (Å²) in [5, 5.41) is 10.9. The number of rotatable bonds is 8. The summed E-state index contributed by atoms with van der Waals surface area (Å²) in [6.07, 6.45) is 11.6. The lowest BCUT2D eigenvalue weighted by molar-refractivity contribution is 0.461. The van der Waals surface area contributed by atoms with E-state index in [0.717, 1.165) is 27.1 Å². The molecule has 0 spiro atoms. The molecule has 31 heavy (non-hydrogen) atoms. The predicted octanol–water partition coefficient (Wildman–Crippen LogP) is 4.68. The summed E-state index contributed by atoms with van der Waals surface area (Å²) in [6, 6.07) is 2.89. The molecule has 4 rings (SSSR count). The van der Waals surface area contributed by atoms with Crippen molar-refractivity contribution in [3.05, 3.63) is 36.0 Å². The first-order chi connectivity index (χ1) is 15.0. The Morgan fingerprint density at radius 1 is 1.03 bits per heavy atom. The van der Waals surface area contributed by atoms with Crippen LogP contribution < -0.4 is 16.0 Å². The zero-order valence-corrected chi connectivity index (χ0v) is 19.2. The molecule has 1 fully saturated rings. The Morgan fingerprint density at radius 2 is 1.87 bits per heavy atom. The highest BCUT2D eigenvalue weighted by Crippen LogP contribution is 2.30. The monoisotopic (exact) mass is 438 g/mol. The molecule has 0 aromatic carbocycles. The van der Waals surface area contributed by atoms with Gasteiger partial charge in [-0.3, -0.25) is 4.98 Å². The maximum absolute atomic E-state index is 4.75. The number of nitrogens with one attached hydrogen (secondary N) is 3. The van der Waals surface area contributed by atoms with E-state index in [1.165, 1.54) is 32.1 Å². The largest absolute Gasteiger partial charge is 0.351 e. The van der Waals surface area contributed by atoms with Crippen molar-refractivity contribution >= 4 is 28.2 Å². The third-order valence-electron chi connectivity index (χ3n) is 5.18. The summed E-state index contributed by atoms with van der Waals surface area (Å²) in [5.41, 5.74) is 2.74.